The Morgan fingerprint density at radius 2 is 2.12 bits per heavy atom. The van der Waals surface area contributed by atoms with Crippen molar-refractivity contribution < 1.29 is 23.0 Å². The Balaban J connectivity index is 1.46. The van der Waals surface area contributed by atoms with Crippen LogP contribution in [0.5, 0.6) is 5.75 Å². The van der Waals surface area contributed by atoms with Crippen LogP contribution in [-0.4, -0.2) is 55.8 Å². The van der Waals surface area contributed by atoms with Crippen LogP contribution >= 0.6 is 0 Å². The van der Waals surface area contributed by atoms with Gasteiger partial charge in [0, 0.05) is 37.8 Å². The minimum absolute atomic E-state index is 0.00553. The van der Waals surface area contributed by atoms with E-state index in [0.717, 1.165) is 51.9 Å². The Morgan fingerprint density at radius 1 is 1.32 bits per heavy atom. The lowest BCUT2D eigenvalue weighted by molar-refractivity contribution is -0.0498. The van der Waals surface area contributed by atoms with Crippen molar-refractivity contribution in [3.63, 3.8) is 0 Å². The zero-order chi connectivity index (χ0) is 17.6. The average molecular weight is 354 g/mol. The van der Waals surface area contributed by atoms with Gasteiger partial charge < -0.3 is 19.7 Å². The molecule has 25 heavy (non-hydrogen) atoms. The molecule has 5 nitrogen and oxygen atoms in total. The summed E-state index contributed by atoms with van der Waals surface area (Å²) >= 11 is 0. The van der Waals surface area contributed by atoms with E-state index in [-0.39, 0.29) is 17.7 Å². The lowest BCUT2D eigenvalue weighted by atomic mass is 10.0. The van der Waals surface area contributed by atoms with Crippen LogP contribution in [0.1, 0.15) is 36.0 Å². The molecular formula is C18H24F2N2O3. The van der Waals surface area contributed by atoms with Gasteiger partial charge in [-0.25, -0.2) is 0 Å². The summed E-state index contributed by atoms with van der Waals surface area (Å²) in [6.07, 6.45) is 4.39. The maximum absolute atomic E-state index is 12.3. The maximum Gasteiger partial charge on any atom is 0.387 e. The number of ether oxygens (including phenoxy) is 2. The summed E-state index contributed by atoms with van der Waals surface area (Å²) in [5.74, 6) is -0.258. The van der Waals surface area contributed by atoms with E-state index in [9.17, 15) is 13.6 Å². The summed E-state index contributed by atoms with van der Waals surface area (Å²) in [6.45, 7) is 0.796. The Labute approximate surface area is 146 Å². The summed E-state index contributed by atoms with van der Waals surface area (Å²) in [6, 6.07) is 5.99. The summed E-state index contributed by atoms with van der Waals surface area (Å²) in [5, 5.41) is 2.99. The first-order valence-electron chi connectivity index (χ1n) is 8.80. The molecule has 1 atom stereocenters. The molecule has 1 N–H and O–H groups in total. The summed E-state index contributed by atoms with van der Waals surface area (Å²) in [5.41, 5.74) is 0.333. The summed E-state index contributed by atoms with van der Waals surface area (Å²) in [7, 11) is 0. The average Bonchev–Trinajstić information content (AvgIpc) is 3.09. The standard InChI is InChI=1S/C18H24F2N2O3/c19-18(20)25-15-4-1-3-13(11-15)17(23)21-14-6-8-22(9-7-14)12-16-5-2-10-24-16/h1,3-4,11,14,16,18H,2,5-10,12H2,(H,21,23)/t16-/m0/s1. The van der Waals surface area contributed by atoms with Crippen molar-refractivity contribution in [1.82, 2.24) is 10.2 Å². The summed E-state index contributed by atoms with van der Waals surface area (Å²) < 4.78 is 34.6. The van der Waals surface area contributed by atoms with Crippen LogP contribution < -0.4 is 10.1 Å². The number of amides is 1. The second kappa shape index (κ2) is 8.58. The van der Waals surface area contributed by atoms with Gasteiger partial charge in [-0.05, 0) is 43.9 Å². The summed E-state index contributed by atoms with van der Waals surface area (Å²) in [4.78, 5) is 14.7. The highest BCUT2D eigenvalue weighted by atomic mass is 19.3. The fraction of sp³-hybridized carbons (Fsp3) is 0.611. The zero-order valence-electron chi connectivity index (χ0n) is 14.1. The van der Waals surface area contributed by atoms with E-state index in [1.54, 1.807) is 6.07 Å². The SMILES string of the molecule is O=C(NC1CCN(C[C@@H]2CCCO2)CC1)c1cccc(OC(F)F)c1. The van der Waals surface area contributed by atoms with Crippen molar-refractivity contribution in [2.75, 3.05) is 26.2 Å². The van der Waals surface area contributed by atoms with Gasteiger partial charge in [0.1, 0.15) is 5.75 Å². The lowest BCUT2D eigenvalue weighted by Crippen LogP contribution is -2.46. The van der Waals surface area contributed by atoms with E-state index in [0.29, 0.717) is 11.7 Å². The Morgan fingerprint density at radius 3 is 2.80 bits per heavy atom. The smallest absolute Gasteiger partial charge is 0.387 e. The molecule has 0 unspecified atom stereocenters. The van der Waals surface area contributed by atoms with E-state index in [2.05, 4.69) is 15.0 Å². The molecule has 2 heterocycles. The number of likely N-dealkylation sites (tertiary alicyclic amines) is 1. The third kappa shape index (κ3) is 5.37. The van der Waals surface area contributed by atoms with Crippen LogP contribution in [0.3, 0.4) is 0 Å². The molecular weight excluding hydrogens is 330 g/mol. The first-order chi connectivity index (χ1) is 12.1. The molecule has 7 heteroatoms. The number of halogens is 2. The molecule has 0 aromatic heterocycles. The zero-order valence-corrected chi connectivity index (χ0v) is 14.1. The van der Waals surface area contributed by atoms with Gasteiger partial charge in [0.15, 0.2) is 0 Å². The van der Waals surface area contributed by atoms with Crippen molar-refractivity contribution in [2.24, 2.45) is 0 Å². The van der Waals surface area contributed by atoms with Gasteiger partial charge in [0.05, 0.1) is 6.10 Å². The van der Waals surface area contributed by atoms with Gasteiger partial charge in [-0.1, -0.05) is 6.07 Å². The van der Waals surface area contributed by atoms with Crippen molar-refractivity contribution in [3.05, 3.63) is 29.8 Å². The molecule has 2 aliphatic rings. The van der Waals surface area contributed by atoms with E-state index in [4.69, 9.17) is 4.74 Å². The van der Waals surface area contributed by atoms with Crippen molar-refractivity contribution in [3.8, 4) is 5.75 Å². The molecule has 1 amide bonds. The normalized spacial score (nSPS) is 22.3. The number of benzene rings is 1. The quantitative estimate of drug-likeness (QED) is 0.853. The first kappa shape index (κ1) is 18.1. The van der Waals surface area contributed by atoms with E-state index >= 15 is 0 Å². The van der Waals surface area contributed by atoms with E-state index in [1.807, 2.05) is 0 Å². The number of carbonyl (C=O) groups excluding carboxylic acids is 1. The molecule has 1 aromatic rings. The van der Waals surface area contributed by atoms with Crippen LogP contribution in [0.2, 0.25) is 0 Å². The van der Waals surface area contributed by atoms with Crippen LogP contribution in [0, 0.1) is 0 Å². The highest BCUT2D eigenvalue weighted by Gasteiger charge is 2.25. The molecule has 0 saturated carbocycles. The van der Waals surface area contributed by atoms with Crippen molar-refractivity contribution in [1.29, 1.82) is 0 Å². The van der Waals surface area contributed by atoms with E-state index < -0.39 is 6.61 Å². The van der Waals surface area contributed by atoms with Crippen molar-refractivity contribution in [2.45, 2.75) is 44.4 Å². The topological polar surface area (TPSA) is 50.8 Å². The molecule has 0 bridgehead atoms. The second-order valence-corrected chi connectivity index (χ2v) is 6.59. The van der Waals surface area contributed by atoms with Crippen LogP contribution in [-0.2, 0) is 4.74 Å². The van der Waals surface area contributed by atoms with Gasteiger partial charge in [-0.15, -0.1) is 0 Å². The molecule has 0 radical (unpaired) electrons. The Kier molecular flexibility index (Phi) is 6.20. The van der Waals surface area contributed by atoms with Gasteiger partial charge in [0.2, 0.25) is 0 Å². The molecule has 3 rings (SSSR count). The number of piperidine rings is 1. The van der Waals surface area contributed by atoms with Crippen molar-refractivity contribution >= 4 is 5.91 Å². The predicted molar refractivity (Wildman–Crippen MR) is 89.0 cm³/mol. The third-order valence-electron chi connectivity index (χ3n) is 4.73. The highest BCUT2D eigenvalue weighted by molar-refractivity contribution is 5.94. The van der Waals surface area contributed by atoms with E-state index in [1.165, 1.54) is 18.2 Å². The molecule has 2 saturated heterocycles. The molecule has 2 fully saturated rings. The molecule has 2 aliphatic heterocycles. The maximum atomic E-state index is 12.3. The Hall–Kier alpha value is -1.73. The molecule has 0 aliphatic carbocycles. The lowest BCUT2D eigenvalue weighted by Gasteiger charge is -2.33. The minimum Gasteiger partial charge on any atom is -0.435 e. The second-order valence-electron chi connectivity index (χ2n) is 6.59. The number of carbonyl (C=O) groups is 1. The van der Waals surface area contributed by atoms with Gasteiger partial charge >= 0.3 is 6.61 Å². The van der Waals surface area contributed by atoms with Crippen LogP contribution in [0.4, 0.5) is 8.78 Å². The first-order valence-corrected chi connectivity index (χ1v) is 8.80. The number of alkyl halides is 2. The van der Waals surface area contributed by atoms with Gasteiger partial charge in [0.25, 0.3) is 5.91 Å². The fourth-order valence-corrected chi connectivity index (χ4v) is 3.42. The number of nitrogens with one attached hydrogen (secondary N) is 1. The third-order valence-corrected chi connectivity index (χ3v) is 4.73. The predicted octanol–water partition coefficient (Wildman–Crippen LogP) is 2.66. The molecule has 0 spiro atoms. The van der Waals surface area contributed by atoms with Gasteiger partial charge in [-0.2, -0.15) is 8.78 Å². The molecule has 138 valence electrons. The van der Waals surface area contributed by atoms with Crippen LogP contribution in [0.15, 0.2) is 24.3 Å². The Bertz CT molecular complexity index is 571. The van der Waals surface area contributed by atoms with Crippen LogP contribution in [0.25, 0.3) is 0 Å². The molecule has 1 aromatic carbocycles. The number of rotatable bonds is 6. The highest BCUT2D eigenvalue weighted by Crippen LogP contribution is 2.19. The monoisotopic (exact) mass is 354 g/mol. The fourth-order valence-electron chi connectivity index (χ4n) is 3.42. The number of hydrogen-bond acceptors (Lipinski definition) is 4. The van der Waals surface area contributed by atoms with Gasteiger partial charge in [-0.3, -0.25) is 4.79 Å². The minimum atomic E-state index is -2.90. The number of hydrogen-bond donors (Lipinski definition) is 1. The largest absolute Gasteiger partial charge is 0.435 e. The number of nitrogens with zero attached hydrogens (tertiary/aromatic N) is 1.